The van der Waals surface area contributed by atoms with Gasteiger partial charge in [0.25, 0.3) is 0 Å². The van der Waals surface area contributed by atoms with E-state index in [1.54, 1.807) is 12.4 Å². The van der Waals surface area contributed by atoms with Gasteiger partial charge in [0.2, 0.25) is 0 Å². The number of hydrogen-bond acceptors (Lipinski definition) is 8. The molecule has 6 rings (SSSR count). The molecule has 9 heteroatoms. The molecule has 2 aliphatic rings. The summed E-state index contributed by atoms with van der Waals surface area (Å²) >= 11 is 0. The fourth-order valence-electron chi connectivity index (χ4n) is 4.60. The summed E-state index contributed by atoms with van der Waals surface area (Å²) in [5.74, 6) is 0.610. The zero-order valence-corrected chi connectivity index (χ0v) is 21.8. The van der Waals surface area contributed by atoms with Crippen LogP contribution in [0.15, 0.2) is 60.9 Å². The summed E-state index contributed by atoms with van der Waals surface area (Å²) in [5, 5.41) is 22.5. The van der Waals surface area contributed by atoms with E-state index in [0.29, 0.717) is 22.5 Å². The van der Waals surface area contributed by atoms with Crippen LogP contribution in [0.2, 0.25) is 0 Å². The van der Waals surface area contributed by atoms with Crippen LogP contribution in [0.25, 0.3) is 21.8 Å². The smallest absolute Gasteiger partial charge is 0.146 e. The predicted octanol–water partition coefficient (Wildman–Crippen LogP) is 3.54. The Balaban J connectivity index is 0.000000168. The van der Waals surface area contributed by atoms with Crippen LogP contribution in [-0.4, -0.2) is 82.6 Å². The van der Waals surface area contributed by atoms with Crippen LogP contribution in [0, 0.1) is 0 Å². The number of aromatic nitrogens is 2. The Kier molecular flexibility index (Phi) is 9.68. The second-order valence-electron chi connectivity index (χ2n) is 9.07. The van der Waals surface area contributed by atoms with Gasteiger partial charge in [-0.1, -0.05) is 36.4 Å². The molecular weight excluding hydrogens is 512 g/mol. The molecular formula is C28H32FeN4O4. The van der Waals surface area contributed by atoms with Crippen LogP contribution in [0.5, 0.6) is 11.5 Å². The van der Waals surface area contributed by atoms with E-state index in [-0.39, 0.29) is 17.1 Å². The van der Waals surface area contributed by atoms with Crippen molar-refractivity contribution in [3.63, 3.8) is 0 Å². The number of benzene rings is 2. The Morgan fingerprint density at radius 2 is 1.03 bits per heavy atom. The molecule has 0 saturated carbocycles. The van der Waals surface area contributed by atoms with Crippen LogP contribution in [0.4, 0.5) is 0 Å². The van der Waals surface area contributed by atoms with Gasteiger partial charge in [-0.2, -0.15) is 0 Å². The minimum Gasteiger partial charge on any atom is -0.505 e. The molecule has 0 bridgehead atoms. The molecule has 0 unspecified atom stereocenters. The zero-order valence-electron chi connectivity index (χ0n) is 20.7. The maximum Gasteiger partial charge on any atom is 0.146 e. The molecule has 0 amide bonds. The van der Waals surface area contributed by atoms with Crippen molar-refractivity contribution in [1.29, 1.82) is 0 Å². The molecule has 196 valence electrons. The SMILES string of the molecule is Oc1c(CN2CCOCC2)ccc2cccnc12.Oc1c(CN2CCOCC2)ccc2cccnc12.[Fe]. The molecule has 0 spiro atoms. The first kappa shape index (κ1) is 27.3. The van der Waals surface area contributed by atoms with Gasteiger partial charge in [0.05, 0.1) is 26.4 Å². The zero-order chi connectivity index (χ0) is 24.7. The maximum absolute atomic E-state index is 10.3. The first-order valence-electron chi connectivity index (χ1n) is 12.4. The van der Waals surface area contributed by atoms with Gasteiger partial charge in [0.15, 0.2) is 0 Å². The Morgan fingerprint density at radius 3 is 1.43 bits per heavy atom. The molecule has 2 saturated heterocycles. The molecule has 8 nitrogen and oxygen atoms in total. The largest absolute Gasteiger partial charge is 0.505 e. The van der Waals surface area contributed by atoms with Gasteiger partial charge in [0.1, 0.15) is 22.5 Å². The standard InChI is InChI=1S/2C14H16N2O2.Fe/c2*17-14-12(10-16-6-8-18-9-7-16)4-3-11-2-1-5-15-13(11)14;/h2*1-5,17H,6-10H2;. The van der Waals surface area contributed by atoms with E-state index in [4.69, 9.17) is 9.47 Å². The number of ether oxygens (including phenoxy) is 2. The van der Waals surface area contributed by atoms with Crippen LogP contribution in [0.3, 0.4) is 0 Å². The van der Waals surface area contributed by atoms with Crippen LogP contribution >= 0.6 is 0 Å². The number of fused-ring (bicyclic) bond motifs is 2. The molecule has 4 aromatic rings. The Morgan fingerprint density at radius 1 is 0.622 bits per heavy atom. The van der Waals surface area contributed by atoms with Crippen LogP contribution in [-0.2, 0) is 39.6 Å². The minimum atomic E-state index is 0. The first-order valence-corrected chi connectivity index (χ1v) is 12.4. The molecule has 2 aromatic heterocycles. The number of morpholine rings is 2. The van der Waals surface area contributed by atoms with E-state index < -0.39 is 0 Å². The van der Waals surface area contributed by atoms with Crippen molar-refractivity contribution >= 4 is 21.8 Å². The predicted molar refractivity (Wildman–Crippen MR) is 139 cm³/mol. The van der Waals surface area contributed by atoms with E-state index in [1.807, 2.05) is 48.5 Å². The number of pyridine rings is 2. The first-order chi connectivity index (χ1) is 17.7. The molecule has 2 aromatic carbocycles. The molecule has 2 aliphatic heterocycles. The topological polar surface area (TPSA) is 91.2 Å². The third-order valence-corrected chi connectivity index (χ3v) is 6.66. The van der Waals surface area contributed by atoms with Crippen molar-refractivity contribution in [1.82, 2.24) is 19.8 Å². The molecule has 0 radical (unpaired) electrons. The number of phenols is 2. The van der Waals surface area contributed by atoms with Gasteiger partial charge in [0, 0.05) is 90.6 Å². The van der Waals surface area contributed by atoms with Gasteiger partial charge >= 0.3 is 0 Å². The number of hydrogen-bond donors (Lipinski definition) is 2. The summed E-state index contributed by atoms with van der Waals surface area (Å²) in [6, 6.07) is 15.7. The number of rotatable bonds is 4. The quantitative estimate of drug-likeness (QED) is 0.377. The van der Waals surface area contributed by atoms with E-state index in [9.17, 15) is 10.2 Å². The third kappa shape index (κ3) is 6.76. The van der Waals surface area contributed by atoms with Crippen LogP contribution < -0.4 is 0 Å². The summed E-state index contributed by atoms with van der Waals surface area (Å²) in [6.45, 7) is 8.25. The second-order valence-corrected chi connectivity index (χ2v) is 9.07. The van der Waals surface area contributed by atoms with Crippen molar-refractivity contribution in [2.75, 3.05) is 52.6 Å². The summed E-state index contributed by atoms with van der Waals surface area (Å²) in [7, 11) is 0. The molecule has 2 N–H and O–H groups in total. The number of phenolic OH excluding ortho intramolecular Hbond substituents is 2. The Bertz CT molecular complexity index is 1210. The third-order valence-electron chi connectivity index (χ3n) is 6.66. The monoisotopic (exact) mass is 544 g/mol. The normalized spacial score (nSPS) is 16.6. The fourth-order valence-corrected chi connectivity index (χ4v) is 4.60. The van der Waals surface area contributed by atoms with Crippen molar-refractivity contribution in [2.24, 2.45) is 0 Å². The van der Waals surface area contributed by atoms with Gasteiger partial charge < -0.3 is 19.7 Å². The van der Waals surface area contributed by atoms with E-state index >= 15 is 0 Å². The van der Waals surface area contributed by atoms with Gasteiger partial charge in [-0.15, -0.1) is 0 Å². The van der Waals surface area contributed by atoms with Crippen molar-refractivity contribution < 1.29 is 36.8 Å². The maximum atomic E-state index is 10.3. The van der Waals surface area contributed by atoms with Gasteiger partial charge in [-0.05, 0) is 12.1 Å². The fraction of sp³-hybridized carbons (Fsp3) is 0.357. The average molecular weight is 544 g/mol. The summed E-state index contributed by atoms with van der Waals surface area (Å²) in [4.78, 5) is 13.1. The molecule has 0 atom stereocenters. The summed E-state index contributed by atoms with van der Waals surface area (Å²) < 4.78 is 10.6. The summed E-state index contributed by atoms with van der Waals surface area (Å²) in [5.41, 5.74) is 3.23. The van der Waals surface area contributed by atoms with Crippen molar-refractivity contribution in [2.45, 2.75) is 13.1 Å². The average Bonchev–Trinajstić information content (AvgIpc) is 2.94. The molecule has 37 heavy (non-hydrogen) atoms. The number of nitrogens with zero attached hydrogens (tertiary/aromatic N) is 4. The van der Waals surface area contributed by atoms with Gasteiger partial charge in [-0.3, -0.25) is 19.8 Å². The van der Waals surface area contributed by atoms with Gasteiger partial charge in [-0.25, -0.2) is 0 Å². The van der Waals surface area contributed by atoms with E-state index in [0.717, 1.165) is 87.6 Å². The Hall–Kier alpha value is -2.78. The Labute approximate surface area is 227 Å². The molecule has 0 aliphatic carbocycles. The van der Waals surface area contributed by atoms with Crippen molar-refractivity contribution in [3.05, 3.63) is 72.1 Å². The number of aromatic hydroxyl groups is 2. The second kappa shape index (κ2) is 13.1. The van der Waals surface area contributed by atoms with E-state index in [2.05, 4.69) is 19.8 Å². The minimum absolute atomic E-state index is 0. The molecule has 2 fully saturated rings. The van der Waals surface area contributed by atoms with E-state index in [1.165, 1.54) is 0 Å². The van der Waals surface area contributed by atoms with Crippen molar-refractivity contribution in [3.8, 4) is 11.5 Å². The van der Waals surface area contributed by atoms with Crippen LogP contribution in [0.1, 0.15) is 11.1 Å². The summed E-state index contributed by atoms with van der Waals surface area (Å²) in [6.07, 6.45) is 3.42. The molecule has 4 heterocycles.